The number of aromatic hydroxyl groups is 1. The lowest BCUT2D eigenvalue weighted by atomic mass is 9.95. The molecule has 0 saturated heterocycles. The molecule has 0 spiro atoms. The molecule has 0 unspecified atom stereocenters. The Labute approximate surface area is 150 Å². The molecule has 1 nitrogen and oxygen atoms in total. The summed E-state index contributed by atoms with van der Waals surface area (Å²) in [4.78, 5) is 0. The SMILES string of the molecule is Cc1cc(O)c(C)c(CCc2cc(-c3cccc(F)c3)ccc2F)c1F. The summed E-state index contributed by atoms with van der Waals surface area (Å²) in [7, 11) is 0. The van der Waals surface area contributed by atoms with Gasteiger partial charge in [0, 0.05) is 0 Å². The maximum absolute atomic E-state index is 14.4. The number of halogens is 3. The first-order valence-electron chi connectivity index (χ1n) is 8.38. The van der Waals surface area contributed by atoms with E-state index in [4.69, 9.17) is 0 Å². The second-order valence-electron chi connectivity index (χ2n) is 6.45. The van der Waals surface area contributed by atoms with Crippen LogP contribution in [0, 0.1) is 31.3 Å². The van der Waals surface area contributed by atoms with Crippen molar-refractivity contribution in [3.05, 3.63) is 88.2 Å². The Morgan fingerprint density at radius 2 is 1.58 bits per heavy atom. The Kier molecular flexibility index (Phi) is 5.03. The normalized spacial score (nSPS) is 11.0. The van der Waals surface area contributed by atoms with E-state index in [-0.39, 0.29) is 36.0 Å². The van der Waals surface area contributed by atoms with Crippen molar-refractivity contribution in [2.75, 3.05) is 0 Å². The Balaban J connectivity index is 1.91. The molecule has 26 heavy (non-hydrogen) atoms. The minimum atomic E-state index is -0.389. The third-order valence-electron chi connectivity index (χ3n) is 4.65. The minimum Gasteiger partial charge on any atom is -0.508 e. The van der Waals surface area contributed by atoms with Crippen LogP contribution in [0.4, 0.5) is 13.2 Å². The number of hydrogen-bond acceptors (Lipinski definition) is 1. The van der Waals surface area contributed by atoms with Crippen LogP contribution < -0.4 is 0 Å². The van der Waals surface area contributed by atoms with E-state index in [2.05, 4.69) is 0 Å². The molecule has 0 aliphatic carbocycles. The van der Waals surface area contributed by atoms with Crippen molar-refractivity contribution in [1.82, 2.24) is 0 Å². The van der Waals surface area contributed by atoms with Gasteiger partial charge >= 0.3 is 0 Å². The zero-order valence-electron chi connectivity index (χ0n) is 14.6. The lowest BCUT2D eigenvalue weighted by Gasteiger charge is -2.13. The number of phenolic OH excluding ortho intramolecular Hbond substituents is 1. The summed E-state index contributed by atoms with van der Waals surface area (Å²) in [6.45, 7) is 3.23. The molecular weight excluding hydrogens is 337 g/mol. The summed E-state index contributed by atoms with van der Waals surface area (Å²) in [5.74, 6) is -1.09. The smallest absolute Gasteiger partial charge is 0.129 e. The number of aryl methyl sites for hydroxylation is 2. The van der Waals surface area contributed by atoms with Crippen LogP contribution in [0.15, 0.2) is 48.5 Å². The van der Waals surface area contributed by atoms with E-state index in [1.165, 1.54) is 24.3 Å². The van der Waals surface area contributed by atoms with Gasteiger partial charge in [0.05, 0.1) is 0 Å². The molecule has 0 saturated carbocycles. The fourth-order valence-corrected chi connectivity index (χ4v) is 3.10. The zero-order valence-corrected chi connectivity index (χ0v) is 14.6. The third kappa shape index (κ3) is 3.59. The predicted octanol–water partition coefficient (Wildman–Crippen LogP) is 5.88. The van der Waals surface area contributed by atoms with E-state index >= 15 is 0 Å². The van der Waals surface area contributed by atoms with Crippen molar-refractivity contribution in [3.8, 4) is 16.9 Å². The van der Waals surface area contributed by atoms with Crippen LogP contribution in [0.2, 0.25) is 0 Å². The quantitative estimate of drug-likeness (QED) is 0.619. The number of benzene rings is 3. The second-order valence-corrected chi connectivity index (χ2v) is 6.45. The molecule has 1 N–H and O–H groups in total. The number of rotatable bonds is 4. The Morgan fingerprint density at radius 3 is 2.31 bits per heavy atom. The first-order chi connectivity index (χ1) is 12.4. The summed E-state index contributed by atoms with van der Waals surface area (Å²) in [6, 6.07) is 12.1. The van der Waals surface area contributed by atoms with Crippen LogP contribution in [-0.4, -0.2) is 5.11 Å². The minimum absolute atomic E-state index is 0.0351. The zero-order chi connectivity index (χ0) is 18.8. The van der Waals surface area contributed by atoms with Gasteiger partial charge in [-0.15, -0.1) is 0 Å². The molecule has 0 amide bonds. The lowest BCUT2D eigenvalue weighted by Crippen LogP contribution is -2.02. The van der Waals surface area contributed by atoms with Crippen molar-refractivity contribution in [2.45, 2.75) is 26.7 Å². The first-order valence-corrected chi connectivity index (χ1v) is 8.38. The van der Waals surface area contributed by atoms with E-state index in [1.54, 1.807) is 38.1 Å². The van der Waals surface area contributed by atoms with Crippen molar-refractivity contribution >= 4 is 0 Å². The highest BCUT2D eigenvalue weighted by atomic mass is 19.1. The van der Waals surface area contributed by atoms with Gasteiger partial charge < -0.3 is 5.11 Å². The highest BCUT2D eigenvalue weighted by Gasteiger charge is 2.14. The topological polar surface area (TPSA) is 20.2 Å². The van der Waals surface area contributed by atoms with Gasteiger partial charge in [-0.25, -0.2) is 13.2 Å². The maximum atomic E-state index is 14.4. The number of phenols is 1. The summed E-state index contributed by atoms with van der Waals surface area (Å²) in [5, 5.41) is 9.90. The molecule has 134 valence electrons. The largest absolute Gasteiger partial charge is 0.508 e. The van der Waals surface area contributed by atoms with Gasteiger partial charge in [-0.05, 0) is 90.4 Å². The molecule has 0 radical (unpaired) electrons. The van der Waals surface area contributed by atoms with Gasteiger partial charge in [-0.1, -0.05) is 18.2 Å². The summed E-state index contributed by atoms with van der Waals surface area (Å²) in [6.07, 6.45) is 0.534. The maximum Gasteiger partial charge on any atom is 0.129 e. The molecule has 0 aliphatic rings. The first kappa shape index (κ1) is 18.1. The Bertz CT molecular complexity index is 938. The van der Waals surface area contributed by atoms with Crippen LogP contribution in [0.25, 0.3) is 11.1 Å². The van der Waals surface area contributed by atoms with Gasteiger partial charge in [0.25, 0.3) is 0 Å². The van der Waals surface area contributed by atoms with Gasteiger partial charge in [0.1, 0.15) is 23.2 Å². The third-order valence-corrected chi connectivity index (χ3v) is 4.65. The van der Waals surface area contributed by atoms with E-state index in [0.29, 0.717) is 33.4 Å². The molecule has 4 heteroatoms. The average molecular weight is 356 g/mol. The van der Waals surface area contributed by atoms with Gasteiger partial charge in [-0.2, -0.15) is 0 Å². The van der Waals surface area contributed by atoms with Crippen LogP contribution in [-0.2, 0) is 12.8 Å². The second kappa shape index (κ2) is 7.24. The molecule has 0 atom stereocenters. The molecule has 3 aromatic carbocycles. The molecular formula is C22H19F3O. The summed E-state index contributed by atoms with van der Waals surface area (Å²) in [5.41, 5.74) is 2.99. The van der Waals surface area contributed by atoms with Crippen molar-refractivity contribution in [3.63, 3.8) is 0 Å². The van der Waals surface area contributed by atoms with Gasteiger partial charge in [0.15, 0.2) is 0 Å². The summed E-state index contributed by atoms with van der Waals surface area (Å²) >= 11 is 0. The van der Waals surface area contributed by atoms with Gasteiger partial charge in [-0.3, -0.25) is 0 Å². The number of hydrogen-bond donors (Lipinski definition) is 1. The van der Waals surface area contributed by atoms with Gasteiger partial charge in [0.2, 0.25) is 0 Å². The highest BCUT2D eigenvalue weighted by molar-refractivity contribution is 5.64. The lowest BCUT2D eigenvalue weighted by molar-refractivity contribution is 0.465. The fourth-order valence-electron chi connectivity index (χ4n) is 3.10. The fraction of sp³-hybridized carbons (Fsp3) is 0.182. The van der Waals surface area contributed by atoms with E-state index in [9.17, 15) is 18.3 Å². The molecule has 0 aromatic heterocycles. The van der Waals surface area contributed by atoms with E-state index in [0.717, 1.165) is 0 Å². The van der Waals surface area contributed by atoms with E-state index in [1.807, 2.05) is 0 Å². The van der Waals surface area contributed by atoms with E-state index < -0.39 is 0 Å². The van der Waals surface area contributed by atoms with Crippen LogP contribution in [0.3, 0.4) is 0 Å². The van der Waals surface area contributed by atoms with Crippen LogP contribution in [0.5, 0.6) is 5.75 Å². The predicted molar refractivity (Wildman–Crippen MR) is 96.7 cm³/mol. The molecule has 0 heterocycles. The molecule has 3 aromatic rings. The average Bonchev–Trinajstić information content (AvgIpc) is 2.61. The summed E-state index contributed by atoms with van der Waals surface area (Å²) < 4.78 is 42.0. The monoisotopic (exact) mass is 356 g/mol. The molecule has 3 rings (SSSR count). The highest BCUT2D eigenvalue weighted by Crippen LogP contribution is 2.28. The van der Waals surface area contributed by atoms with Crippen molar-refractivity contribution < 1.29 is 18.3 Å². The molecule has 0 bridgehead atoms. The van der Waals surface area contributed by atoms with Crippen molar-refractivity contribution in [1.29, 1.82) is 0 Å². The Morgan fingerprint density at radius 1 is 0.846 bits per heavy atom. The van der Waals surface area contributed by atoms with Crippen molar-refractivity contribution in [2.24, 2.45) is 0 Å². The molecule has 0 fully saturated rings. The standard InChI is InChI=1S/C22H19F3O/c1-13-10-21(26)14(2)19(22(13)25)8-6-17-11-16(7-9-20(17)24)15-4-3-5-18(23)12-15/h3-5,7,9-12,26H,6,8H2,1-2H3. The molecule has 0 aliphatic heterocycles. The van der Waals surface area contributed by atoms with Crippen LogP contribution in [0.1, 0.15) is 22.3 Å². The Hall–Kier alpha value is -2.75. The van der Waals surface area contributed by atoms with Crippen LogP contribution >= 0.6 is 0 Å².